The molecule has 7 nitrogen and oxygen atoms in total. The number of ketones is 1. The van der Waals surface area contributed by atoms with E-state index in [1.54, 1.807) is 81.5 Å². The second kappa shape index (κ2) is 9.62. The average molecular weight is 455 g/mol. The van der Waals surface area contributed by atoms with Crippen LogP contribution in [0, 0.1) is 5.41 Å². The van der Waals surface area contributed by atoms with E-state index in [2.05, 4.69) is 0 Å². The SMILES string of the molecule is CN(C)C(=O)c1ccc(C(C2=CC=CC(=O)C2c2cccc(C(=N)N)c2)N2C=COC=C2)cc1. The van der Waals surface area contributed by atoms with Gasteiger partial charge in [-0.2, -0.15) is 0 Å². The predicted molar refractivity (Wildman–Crippen MR) is 131 cm³/mol. The Labute approximate surface area is 198 Å². The molecule has 2 unspecified atom stereocenters. The Balaban J connectivity index is 1.81. The minimum atomic E-state index is -0.554. The molecule has 0 aromatic heterocycles. The van der Waals surface area contributed by atoms with Crippen LogP contribution in [0.15, 0.2) is 97.3 Å². The molecule has 1 aliphatic carbocycles. The number of rotatable bonds is 6. The third-order valence-electron chi connectivity index (χ3n) is 5.81. The van der Waals surface area contributed by atoms with Gasteiger partial charge in [-0.3, -0.25) is 15.0 Å². The molecule has 0 radical (unpaired) electrons. The van der Waals surface area contributed by atoms with Gasteiger partial charge in [0.05, 0.1) is 12.0 Å². The highest BCUT2D eigenvalue weighted by Crippen LogP contribution is 2.41. The monoisotopic (exact) mass is 454 g/mol. The van der Waals surface area contributed by atoms with Crippen LogP contribution in [0.25, 0.3) is 0 Å². The van der Waals surface area contributed by atoms with E-state index in [9.17, 15) is 9.59 Å². The van der Waals surface area contributed by atoms with Crippen molar-refractivity contribution in [3.8, 4) is 0 Å². The summed E-state index contributed by atoms with van der Waals surface area (Å²) in [6.45, 7) is 0. The van der Waals surface area contributed by atoms with Crippen molar-refractivity contribution >= 4 is 17.5 Å². The van der Waals surface area contributed by atoms with Crippen LogP contribution in [0.4, 0.5) is 0 Å². The van der Waals surface area contributed by atoms with Gasteiger partial charge in [0.25, 0.3) is 5.91 Å². The van der Waals surface area contributed by atoms with Crippen molar-refractivity contribution < 1.29 is 14.3 Å². The van der Waals surface area contributed by atoms with E-state index in [1.165, 1.54) is 4.90 Å². The summed E-state index contributed by atoms with van der Waals surface area (Å²) >= 11 is 0. The van der Waals surface area contributed by atoms with Crippen LogP contribution in [0.5, 0.6) is 0 Å². The summed E-state index contributed by atoms with van der Waals surface area (Å²) < 4.78 is 5.23. The molecular weight excluding hydrogens is 428 g/mol. The lowest BCUT2D eigenvalue weighted by atomic mass is 9.78. The molecule has 0 spiro atoms. The molecule has 172 valence electrons. The van der Waals surface area contributed by atoms with Crippen LogP contribution in [-0.4, -0.2) is 41.4 Å². The summed E-state index contributed by atoms with van der Waals surface area (Å²) in [6, 6.07) is 14.3. The van der Waals surface area contributed by atoms with Gasteiger partial charge in [-0.15, -0.1) is 0 Å². The molecule has 2 aromatic carbocycles. The number of allylic oxidation sites excluding steroid dienone is 3. The van der Waals surface area contributed by atoms with Gasteiger partial charge in [0.2, 0.25) is 0 Å². The highest BCUT2D eigenvalue weighted by molar-refractivity contribution is 6.01. The van der Waals surface area contributed by atoms with Gasteiger partial charge in [-0.1, -0.05) is 42.5 Å². The first-order chi connectivity index (χ1) is 16.4. The molecule has 2 atom stereocenters. The Morgan fingerprint density at radius 1 is 1.09 bits per heavy atom. The summed E-state index contributed by atoms with van der Waals surface area (Å²) in [4.78, 5) is 29.1. The molecule has 1 heterocycles. The first-order valence-corrected chi connectivity index (χ1v) is 10.8. The summed E-state index contributed by atoms with van der Waals surface area (Å²) in [6.07, 6.45) is 12.0. The minimum absolute atomic E-state index is 0.0520. The zero-order valence-corrected chi connectivity index (χ0v) is 19.0. The van der Waals surface area contributed by atoms with Crippen LogP contribution in [0.2, 0.25) is 0 Å². The molecule has 1 amide bonds. The number of benzene rings is 2. The molecule has 34 heavy (non-hydrogen) atoms. The molecule has 3 N–H and O–H groups in total. The standard InChI is InChI=1S/C27H26N4O3/c1-30(2)27(33)19-11-9-18(10-12-19)25(31-13-15-34-16-14-31)22-7-4-8-23(32)24(22)20-5-3-6-21(17-20)26(28)29/h3-17,24-25H,1-2H3,(H3,28,29). The van der Waals surface area contributed by atoms with Crippen molar-refractivity contribution in [2.45, 2.75) is 12.0 Å². The Morgan fingerprint density at radius 2 is 1.79 bits per heavy atom. The second-order valence-electron chi connectivity index (χ2n) is 8.28. The van der Waals surface area contributed by atoms with E-state index in [1.807, 2.05) is 29.2 Å². The normalized spacial score (nSPS) is 17.7. The number of hydrogen-bond acceptors (Lipinski definition) is 5. The highest BCUT2D eigenvalue weighted by atomic mass is 16.5. The van der Waals surface area contributed by atoms with Gasteiger partial charge >= 0.3 is 0 Å². The number of nitrogens with zero attached hydrogens (tertiary/aromatic N) is 2. The smallest absolute Gasteiger partial charge is 0.253 e. The predicted octanol–water partition coefficient (Wildman–Crippen LogP) is 3.84. The van der Waals surface area contributed by atoms with Crippen molar-refractivity contribution in [2.24, 2.45) is 5.73 Å². The number of carbonyl (C=O) groups is 2. The maximum atomic E-state index is 13.2. The number of ether oxygens (including phenoxy) is 1. The maximum absolute atomic E-state index is 13.2. The van der Waals surface area contributed by atoms with Crippen molar-refractivity contribution in [1.82, 2.24) is 9.80 Å². The van der Waals surface area contributed by atoms with Crippen LogP contribution >= 0.6 is 0 Å². The van der Waals surface area contributed by atoms with Gasteiger partial charge in [-0.25, -0.2) is 0 Å². The summed E-state index contributed by atoms with van der Waals surface area (Å²) in [5, 5.41) is 7.80. The Bertz CT molecular complexity index is 1230. The number of amides is 1. The van der Waals surface area contributed by atoms with E-state index in [4.69, 9.17) is 15.9 Å². The fourth-order valence-electron chi connectivity index (χ4n) is 4.18. The summed E-state index contributed by atoms with van der Waals surface area (Å²) in [5.74, 6) is -0.739. The van der Waals surface area contributed by atoms with Crippen molar-refractivity contribution in [3.63, 3.8) is 0 Å². The van der Waals surface area contributed by atoms with Crippen LogP contribution in [0.1, 0.15) is 39.0 Å². The topological polar surface area (TPSA) is 99.7 Å². The van der Waals surface area contributed by atoms with Gasteiger partial charge in [-0.05, 0) is 41.0 Å². The molecule has 0 saturated heterocycles. The molecule has 0 saturated carbocycles. The van der Waals surface area contributed by atoms with E-state index < -0.39 is 5.92 Å². The third kappa shape index (κ3) is 4.54. The molecular formula is C27H26N4O3. The molecule has 1 aliphatic heterocycles. The first-order valence-electron chi connectivity index (χ1n) is 10.8. The number of nitrogen functional groups attached to an aromatic ring is 1. The van der Waals surface area contributed by atoms with E-state index >= 15 is 0 Å². The van der Waals surface area contributed by atoms with E-state index in [0.29, 0.717) is 11.1 Å². The molecule has 0 bridgehead atoms. The zero-order chi connectivity index (χ0) is 24.2. The summed E-state index contributed by atoms with van der Waals surface area (Å²) in [5.41, 5.74) is 9.39. The van der Waals surface area contributed by atoms with Gasteiger partial charge in [0, 0.05) is 37.6 Å². The lowest BCUT2D eigenvalue weighted by Crippen LogP contribution is -2.28. The van der Waals surface area contributed by atoms with Crippen LogP contribution in [0.3, 0.4) is 0 Å². The lowest BCUT2D eigenvalue weighted by molar-refractivity contribution is -0.115. The third-order valence-corrected chi connectivity index (χ3v) is 5.81. The number of carbonyl (C=O) groups excluding carboxylic acids is 2. The Morgan fingerprint density at radius 3 is 2.44 bits per heavy atom. The summed E-state index contributed by atoms with van der Waals surface area (Å²) in [7, 11) is 3.43. The fraction of sp³-hybridized carbons (Fsp3) is 0.148. The first kappa shape index (κ1) is 22.8. The highest BCUT2D eigenvalue weighted by Gasteiger charge is 2.34. The Kier molecular flexibility index (Phi) is 6.45. The maximum Gasteiger partial charge on any atom is 0.253 e. The Hall–Kier alpha value is -4.39. The van der Waals surface area contributed by atoms with Gasteiger partial charge in [0.1, 0.15) is 18.4 Å². The van der Waals surface area contributed by atoms with Crippen molar-refractivity contribution in [3.05, 3.63) is 120 Å². The molecule has 2 aliphatic rings. The van der Waals surface area contributed by atoms with Crippen LogP contribution in [-0.2, 0) is 9.53 Å². The number of nitrogens with two attached hydrogens (primary N) is 1. The fourth-order valence-corrected chi connectivity index (χ4v) is 4.18. The number of hydrogen-bond donors (Lipinski definition) is 2. The largest absolute Gasteiger partial charge is 0.470 e. The molecule has 7 heteroatoms. The van der Waals surface area contributed by atoms with Gasteiger partial charge in [0.15, 0.2) is 5.78 Å². The number of nitrogens with one attached hydrogen (secondary N) is 1. The lowest BCUT2D eigenvalue weighted by Gasteiger charge is -2.35. The van der Waals surface area contributed by atoms with E-state index in [0.717, 1.165) is 16.7 Å². The van der Waals surface area contributed by atoms with E-state index in [-0.39, 0.29) is 23.6 Å². The average Bonchev–Trinajstić information content (AvgIpc) is 2.85. The molecule has 4 rings (SSSR count). The minimum Gasteiger partial charge on any atom is -0.470 e. The van der Waals surface area contributed by atoms with Crippen molar-refractivity contribution in [1.29, 1.82) is 5.41 Å². The molecule has 0 fully saturated rings. The number of amidine groups is 1. The molecule has 2 aromatic rings. The zero-order valence-electron chi connectivity index (χ0n) is 19.0. The van der Waals surface area contributed by atoms with Gasteiger partial charge < -0.3 is 20.3 Å². The van der Waals surface area contributed by atoms with Crippen LogP contribution < -0.4 is 5.73 Å². The quantitative estimate of drug-likeness (QED) is 0.510. The second-order valence-corrected chi connectivity index (χ2v) is 8.28. The van der Waals surface area contributed by atoms with Crippen molar-refractivity contribution in [2.75, 3.05) is 14.1 Å².